The van der Waals surface area contributed by atoms with Crippen molar-refractivity contribution in [1.29, 1.82) is 0 Å². The van der Waals surface area contributed by atoms with Crippen LogP contribution in [0.1, 0.15) is 5.56 Å². The SMILES string of the molecule is O=C1/C(=C/c2csc([N+](=O)[O-])c2)NC(=S)N1c1ccccc1Cl. The Kier molecular flexibility index (Phi) is 4.12. The zero-order valence-electron chi connectivity index (χ0n) is 11.4. The second kappa shape index (κ2) is 6.07. The quantitative estimate of drug-likeness (QED) is 0.389. The van der Waals surface area contributed by atoms with Gasteiger partial charge in [-0.2, -0.15) is 0 Å². The number of carbonyl (C=O) groups excluding carboxylic acids is 1. The summed E-state index contributed by atoms with van der Waals surface area (Å²) in [6.07, 6.45) is 1.52. The van der Waals surface area contributed by atoms with Gasteiger partial charge in [-0.1, -0.05) is 35.1 Å². The van der Waals surface area contributed by atoms with Crippen molar-refractivity contribution < 1.29 is 9.72 Å². The largest absolute Gasteiger partial charge is 0.327 e. The Bertz CT molecular complexity index is 862. The lowest BCUT2D eigenvalue weighted by molar-refractivity contribution is -0.380. The highest BCUT2D eigenvalue weighted by Crippen LogP contribution is 2.30. The second-order valence-electron chi connectivity index (χ2n) is 4.56. The van der Waals surface area contributed by atoms with E-state index in [9.17, 15) is 14.9 Å². The number of halogens is 1. The van der Waals surface area contributed by atoms with Crippen LogP contribution in [0.4, 0.5) is 10.7 Å². The molecule has 1 aromatic heterocycles. The summed E-state index contributed by atoms with van der Waals surface area (Å²) in [5.74, 6) is -0.364. The van der Waals surface area contributed by atoms with Gasteiger partial charge in [-0.25, -0.2) is 0 Å². The van der Waals surface area contributed by atoms with Gasteiger partial charge in [-0.15, -0.1) is 0 Å². The van der Waals surface area contributed by atoms with Gasteiger partial charge in [0.2, 0.25) is 0 Å². The van der Waals surface area contributed by atoms with E-state index in [2.05, 4.69) is 5.32 Å². The fraction of sp³-hybridized carbons (Fsp3) is 0. The number of amides is 1. The average molecular weight is 366 g/mol. The van der Waals surface area contributed by atoms with Gasteiger partial charge in [-0.05, 0) is 36.0 Å². The van der Waals surface area contributed by atoms with Crippen molar-refractivity contribution >= 4 is 62.9 Å². The first-order valence-electron chi connectivity index (χ1n) is 6.32. The van der Waals surface area contributed by atoms with Crippen LogP contribution in [0.2, 0.25) is 5.02 Å². The number of anilines is 1. The van der Waals surface area contributed by atoms with Crippen molar-refractivity contribution in [1.82, 2.24) is 5.32 Å². The van der Waals surface area contributed by atoms with E-state index >= 15 is 0 Å². The van der Waals surface area contributed by atoms with E-state index in [1.54, 1.807) is 29.6 Å². The highest BCUT2D eigenvalue weighted by molar-refractivity contribution is 7.80. The molecule has 3 rings (SSSR count). The van der Waals surface area contributed by atoms with Crippen molar-refractivity contribution in [2.24, 2.45) is 0 Å². The van der Waals surface area contributed by atoms with Gasteiger partial charge < -0.3 is 5.32 Å². The van der Waals surface area contributed by atoms with Crippen LogP contribution in [-0.2, 0) is 4.79 Å². The lowest BCUT2D eigenvalue weighted by Crippen LogP contribution is -2.30. The van der Waals surface area contributed by atoms with Gasteiger partial charge in [0.25, 0.3) is 5.91 Å². The molecule has 0 radical (unpaired) electrons. The van der Waals surface area contributed by atoms with Crippen LogP contribution in [0.25, 0.3) is 6.08 Å². The Morgan fingerprint density at radius 3 is 2.78 bits per heavy atom. The third-order valence-corrected chi connectivity index (χ3v) is 4.57. The fourth-order valence-corrected chi connectivity index (χ4v) is 3.26. The van der Waals surface area contributed by atoms with E-state index in [0.717, 1.165) is 11.3 Å². The van der Waals surface area contributed by atoms with Crippen molar-refractivity contribution in [2.45, 2.75) is 0 Å². The summed E-state index contributed by atoms with van der Waals surface area (Å²) >= 11 is 12.3. The molecule has 6 nitrogen and oxygen atoms in total. The minimum atomic E-state index is -0.475. The topological polar surface area (TPSA) is 75.5 Å². The molecule has 1 aliphatic rings. The van der Waals surface area contributed by atoms with Gasteiger partial charge in [0, 0.05) is 11.4 Å². The van der Waals surface area contributed by atoms with Gasteiger partial charge >= 0.3 is 5.00 Å². The predicted molar refractivity (Wildman–Crippen MR) is 93.6 cm³/mol. The van der Waals surface area contributed by atoms with Gasteiger partial charge in [0.05, 0.1) is 15.6 Å². The number of hydrogen-bond acceptors (Lipinski definition) is 5. The summed E-state index contributed by atoms with van der Waals surface area (Å²) in [4.78, 5) is 24.1. The number of para-hydroxylation sites is 1. The molecule has 1 saturated heterocycles. The summed E-state index contributed by atoms with van der Waals surface area (Å²) < 4.78 is 0. The maximum atomic E-state index is 12.5. The molecule has 0 spiro atoms. The standard InChI is InChI=1S/C14H8ClN3O3S2/c15-9-3-1-2-4-11(9)17-13(19)10(16-14(17)22)5-8-6-12(18(20)21)23-7-8/h1-7H,(H,16,22)/b10-5-. The third kappa shape index (κ3) is 2.96. The molecule has 23 heavy (non-hydrogen) atoms. The van der Waals surface area contributed by atoms with Crippen LogP contribution in [-0.4, -0.2) is 15.9 Å². The van der Waals surface area contributed by atoms with Gasteiger partial charge in [-0.3, -0.25) is 19.8 Å². The maximum absolute atomic E-state index is 12.5. The molecule has 0 bridgehead atoms. The summed E-state index contributed by atoms with van der Waals surface area (Å²) in [6.45, 7) is 0. The minimum absolute atomic E-state index is 0.00725. The lowest BCUT2D eigenvalue weighted by atomic mass is 10.2. The minimum Gasteiger partial charge on any atom is -0.327 e. The number of nitrogens with zero attached hydrogens (tertiary/aromatic N) is 2. The van der Waals surface area contributed by atoms with E-state index < -0.39 is 4.92 Å². The summed E-state index contributed by atoms with van der Waals surface area (Å²) in [7, 11) is 0. The highest BCUT2D eigenvalue weighted by Gasteiger charge is 2.33. The Balaban J connectivity index is 1.93. The number of thiocarbonyl (C=S) groups is 1. The Labute approximate surface area is 145 Å². The van der Waals surface area contributed by atoms with E-state index in [1.807, 2.05) is 0 Å². The molecule has 2 heterocycles. The van der Waals surface area contributed by atoms with E-state index in [1.165, 1.54) is 17.0 Å². The molecule has 1 N–H and O–H groups in total. The Hall–Kier alpha value is -2.29. The molecule has 1 aromatic carbocycles. The van der Waals surface area contributed by atoms with Gasteiger partial charge in [0.1, 0.15) is 5.70 Å². The van der Waals surface area contributed by atoms with Crippen LogP contribution in [0.5, 0.6) is 0 Å². The van der Waals surface area contributed by atoms with Crippen LogP contribution >= 0.6 is 35.2 Å². The Morgan fingerprint density at radius 2 is 2.13 bits per heavy atom. The summed E-state index contributed by atoms with van der Waals surface area (Å²) in [5.41, 5.74) is 1.28. The molecule has 0 unspecified atom stereocenters. The number of thiophene rings is 1. The highest BCUT2D eigenvalue weighted by atomic mass is 35.5. The molecule has 0 atom stereocenters. The molecule has 1 aliphatic heterocycles. The lowest BCUT2D eigenvalue weighted by Gasteiger charge is -2.15. The van der Waals surface area contributed by atoms with Crippen molar-refractivity contribution in [3.63, 3.8) is 0 Å². The first-order chi connectivity index (χ1) is 11.0. The van der Waals surface area contributed by atoms with E-state index in [4.69, 9.17) is 23.8 Å². The number of nitrogens with one attached hydrogen (secondary N) is 1. The predicted octanol–water partition coefficient (Wildman–Crippen LogP) is 3.57. The number of carbonyl (C=O) groups is 1. The van der Waals surface area contributed by atoms with Crippen molar-refractivity contribution in [3.05, 3.63) is 62.1 Å². The molecule has 1 fully saturated rings. The molecular formula is C14H8ClN3O3S2. The number of nitro groups is 1. The molecule has 116 valence electrons. The van der Waals surface area contributed by atoms with Crippen molar-refractivity contribution in [3.8, 4) is 0 Å². The normalized spacial score (nSPS) is 16.0. The zero-order valence-corrected chi connectivity index (χ0v) is 13.7. The molecular weight excluding hydrogens is 358 g/mol. The van der Waals surface area contributed by atoms with Crippen LogP contribution < -0.4 is 10.2 Å². The molecule has 2 aromatic rings. The average Bonchev–Trinajstić information content (AvgIpc) is 3.07. The van der Waals surface area contributed by atoms with Crippen LogP contribution in [0.3, 0.4) is 0 Å². The summed E-state index contributed by atoms with van der Waals surface area (Å²) in [6, 6.07) is 8.25. The first-order valence-corrected chi connectivity index (χ1v) is 7.98. The van der Waals surface area contributed by atoms with Crippen LogP contribution in [0, 0.1) is 10.1 Å². The van der Waals surface area contributed by atoms with Gasteiger partial charge in [0.15, 0.2) is 5.11 Å². The number of benzene rings is 1. The van der Waals surface area contributed by atoms with Crippen LogP contribution in [0.15, 0.2) is 41.4 Å². The number of hydrogen-bond donors (Lipinski definition) is 1. The molecule has 0 saturated carbocycles. The zero-order chi connectivity index (χ0) is 16.6. The van der Waals surface area contributed by atoms with E-state index in [-0.39, 0.29) is 21.7 Å². The smallest absolute Gasteiger partial charge is 0.324 e. The summed E-state index contributed by atoms with van der Waals surface area (Å²) in [5, 5.41) is 15.7. The van der Waals surface area contributed by atoms with Crippen molar-refractivity contribution in [2.75, 3.05) is 4.90 Å². The molecule has 1 amide bonds. The fourth-order valence-electron chi connectivity index (χ4n) is 2.06. The number of rotatable bonds is 3. The maximum Gasteiger partial charge on any atom is 0.324 e. The second-order valence-corrected chi connectivity index (χ2v) is 6.24. The molecule has 9 heteroatoms. The third-order valence-electron chi connectivity index (χ3n) is 3.07. The Morgan fingerprint density at radius 1 is 1.39 bits per heavy atom. The molecule has 0 aliphatic carbocycles. The van der Waals surface area contributed by atoms with E-state index in [0.29, 0.717) is 16.3 Å². The first kappa shape index (κ1) is 15.6. The monoisotopic (exact) mass is 365 g/mol.